The van der Waals surface area contributed by atoms with E-state index in [1.807, 2.05) is 30.3 Å². The number of fused-ring (bicyclic) bond motifs is 1. The molecule has 0 aliphatic carbocycles. The lowest BCUT2D eigenvalue weighted by molar-refractivity contribution is 0.0997. The molecule has 0 bridgehead atoms. The molecule has 0 saturated carbocycles. The van der Waals surface area contributed by atoms with Gasteiger partial charge in [0.15, 0.2) is 5.78 Å². The van der Waals surface area contributed by atoms with Crippen molar-refractivity contribution in [2.24, 2.45) is 0 Å². The monoisotopic (exact) mass is 254 g/mol. The van der Waals surface area contributed by atoms with Crippen molar-refractivity contribution >= 4 is 28.1 Å². The molecule has 2 aromatic carbocycles. The van der Waals surface area contributed by atoms with E-state index in [4.69, 9.17) is 0 Å². The first kappa shape index (κ1) is 11.0. The van der Waals surface area contributed by atoms with Crippen molar-refractivity contribution in [2.75, 3.05) is 0 Å². The first-order valence-electron chi connectivity index (χ1n) is 5.62. The fraction of sp³-hybridized carbons (Fsp3) is 0.0714. The molecule has 3 rings (SSSR count). The van der Waals surface area contributed by atoms with Gasteiger partial charge < -0.3 is 0 Å². The van der Waals surface area contributed by atoms with Gasteiger partial charge in [-0.15, -0.1) is 5.10 Å². The lowest BCUT2D eigenvalue weighted by Gasteiger charge is -2.04. The Morgan fingerprint density at radius 1 is 1.11 bits per heavy atom. The summed E-state index contributed by atoms with van der Waals surface area (Å²) in [5, 5.41) is 5.98. The highest BCUT2D eigenvalue weighted by Gasteiger charge is 2.11. The Bertz CT molecular complexity index is 687. The second-order valence-electron chi connectivity index (χ2n) is 4.02. The van der Waals surface area contributed by atoms with Gasteiger partial charge in [0, 0.05) is 6.42 Å². The van der Waals surface area contributed by atoms with E-state index < -0.39 is 0 Å². The van der Waals surface area contributed by atoms with E-state index in [2.05, 4.69) is 21.7 Å². The molecule has 1 aromatic heterocycles. The topological polar surface area (TPSA) is 42.9 Å². The number of nitrogens with zero attached hydrogens (tertiary/aromatic N) is 2. The van der Waals surface area contributed by atoms with E-state index in [1.54, 1.807) is 0 Å². The van der Waals surface area contributed by atoms with Gasteiger partial charge in [0.1, 0.15) is 4.88 Å². The zero-order chi connectivity index (χ0) is 12.4. The molecule has 0 saturated heterocycles. The molecule has 3 nitrogen and oxygen atoms in total. The SMILES string of the molecule is O=C(Cc1cccc2ccccc12)c1cnns1. The van der Waals surface area contributed by atoms with Crippen molar-refractivity contribution in [1.29, 1.82) is 0 Å². The van der Waals surface area contributed by atoms with Crippen molar-refractivity contribution in [3.63, 3.8) is 0 Å². The molecule has 0 radical (unpaired) electrons. The Balaban J connectivity index is 1.98. The lowest BCUT2D eigenvalue weighted by atomic mass is 10.0. The minimum Gasteiger partial charge on any atom is -0.293 e. The first-order valence-corrected chi connectivity index (χ1v) is 6.39. The van der Waals surface area contributed by atoms with Crippen LogP contribution in [0.25, 0.3) is 10.8 Å². The van der Waals surface area contributed by atoms with Gasteiger partial charge >= 0.3 is 0 Å². The number of benzene rings is 2. The summed E-state index contributed by atoms with van der Waals surface area (Å²) in [5.74, 6) is 0.0707. The van der Waals surface area contributed by atoms with Crippen LogP contribution in [0.3, 0.4) is 0 Å². The number of aromatic nitrogens is 2. The molecular weight excluding hydrogens is 244 g/mol. The number of carbonyl (C=O) groups excluding carboxylic acids is 1. The molecule has 0 aliphatic rings. The van der Waals surface area contributed by atoms with Crippen LogP contribution < -0.4 is 0 Å². The van der Waals surface area contributed by atoms with Gasteiger partial charge in [-0.25, -0.2) is 0 Å². The van der Waals surface area contributed by atoms with E-state index >= 15 is 0 Å². The average Bonchev–Trinajstić information content (AvgIpc) is 2.93. The molecule has 1 heterocycles. The molecule has 3 aromatic rings. The smallest absolute Gasteiger partial charge is 0.180 e. The Labute approximate surface area is 108 Å². The van der Waals surface area contributed by atoms with Crippen LogP contribution >= 0.6 is 11.5 Å². The van der Waals surface area contributed by atoms with Gasteiger partial charge in [-0.1, -0.05) is 47.0 Å². The van der Waals surface area contributed by atoms with Crippen LogP contribution in [-0.4, -0.2) is 15.4 Å². The second-order valence-corrected chi connectivity index (χ2v) is 4.81. The number of hydrogen-bond acceptors (Lipinski definition) is 4. The fourth-order valence-electron chi connectivity index (χ4n) is 2.00. The molecular formula is C14H10N2OS. The van der Waals surface area contributed by atoms with Crippen molar-refractivity contribution in [3.05, 3.63) is 59.1 Å². The number of rotatable bonds is 3. The van der Waals surface area contributed by atoms with Crippen molar-refractivity contribution < 1.29 is 4.79 Å². The predicted octanol–water partition coefficient (Wildman–Crippen LogP) is 3.12. The number of Topliss-reactive ketones (excluding diaryl/α,β-unsaturated/α-hetero) is 1. The summed E-state index contributed by atoms with van der Waals surface area (Å²) < 4.78 is 3.72. The highest BCUT2D eigenvalue weighted by Crippen LogP contribution is 2.20. The van der Waals surface area contributed by atoms with Crippen LogP contribution in [0.1, 0.15) is 15.2 Å². The van der Waals surface area contributed by atoms with Crippen molar-refractivity contribution in [2.45, 2.75) is 6.42 Å². The summed E-state index contributed by atoms with van der Waals surface area (Å²) in [6, 6.07) is 14.1. The molecule has 0 unspecified atom stereocenters. The maximum atomic E-state index is 12.0. The summed E-state index contributed by atoms with van der Waals surface area (Å²) in [5.41, 5.74) is 1.05. The van der Waals surface area contributed by atoms with Crippen molar-refractivity contribution in [1.82, 2.24) is 9.59 Å². The lowest BCUT2D eigenvalue weighted by Crippen LogP contribution is -2.01. The van der Waals surface area contributed by atoms with Crippen LogP contribution in [-0.2, 0) is 6.42 Å². The predicted molar refractivity (Wildman–Crippen MR) is 71.9 cm³/mol. The maximum absolute atomic E-state index is 12.0. The van der Waals surface area contributed by atoms with E-state index in [0.29, 0.717) is 11.3 Å². The Hall–Kier alpha value is -2.07. The van der Waals surface area contributed by atoms with Gasteiger partial charge in [-0.05, 0) is 27.9 Å². The Morgan fingerprint density at radius 2 is 1.94 bits per heavy atom. The summed E-state index contributed by atoms with van der Waals surface area (Å²) in [7, 11) is 0. The van der Waals surface area contributed by atoms with Gasteiger partial charge in [0.25, 0.3) is 0 Å². The van der Waals surface area contributed by atoms with E-state index in [-0.39, 0.29) is 5.78 Å². The van der Waals surface area contributed by atoms with E-state index in [9.17, 15) is 4.79 Å². The third-order valence-corrected chi connectivity index (χ3v) is 3.57. The third kappa shape index (κ3) is 2.02. The zero-order valence-electron chi connectivity index (χ0n) is 9.54. The van der Waals surface area contributed by atoms with E-state index in [0.717, 1.165) is 27.9 Å². The normalized spacial score (nSPS) is 10.7. The molecule has 0 atom stereocenters. The highest BCUT2D eigenvalue weighted by molar-refractivity contribution is 7.07. The molecule has 0 N–H and O–H groups in total. The zero-order valence-corrected chi connectivity index (χ0v) is 10.4. The number of hydrogen-bond donors (Lipinski definition) is 0. The summed E-state index contributed by atoms with van der Waals surface area (Å²) in [6.45, 7) is 0. The highest BCUT2D eigenvalue weighted by atomic mass is 32.1. The molecule has 88 valence electrons. The molecule has 0 aliphatic heterocycles. The largest absolute Gasteiger partial charge is 0.293 e. The summed E-state index contributed by atoms with van der Waals surface area (Å²) in [4.78, 5) is 12.7. The molecule has 18 heavy (non-hydrogen) atoms. The molecule has 4 heteroatoms. The Morgan fingerprint density at radius 3 is 2.78 bits per heavy atom. The minimum absolute atomic E-state index is 0.0707. The third-order valence-electron chi connectivity index (χ3n) is 2.87. The van der Waals surface area contributed by atoms with Gasteiger partial charge in [-0.2, -0.15) is 0 Å². The van der Waals surface area contributed by atoms with Crippen molar-refractivity contribution in [3.8, 4) is 0 Å². The van der Waals surface area contributed by atoms with E-state index in [1.165, 1.54) is 6.20 Å². The van der Waals surface area contributed by atoms with Crippen LogP contribution in [0.4, 0.5) is 0 Å². The molecule has 0 amide bonds. The van der Waals surface area contributed by atoms with Gasteiger partial charge in [0.05, 0.1) is 6.20 Å². The van der Waals surface area contributed by atoms with Gasteiger partial charge in [0.2, 0.25) is 0 Å². The van der Waals surface area contributed by atoms with Crippen LogP contribution in [0.15, 0.2) is 48.7 Å². The average molecular weight is 254 g/mol. The number of ketones is 1. The van der Waals surface area contributed by atoms with Crippen LogP contribution in [0, 0.1) is 0 Å². The fourth-order valence-corrected chi connectivity index (χ4v) is 2.45. The van der Waals surface area contributed by atoms with Crippen LogP contribution in [0.2, 0.25) is 0 Å². The minimum atomic E-state index is 0.0707. The van der Waals surface area contributed by atoms with Crippen LogP contribution in [0.5, 0.6) is 0 Å². The standard InChI is InChI=1S/C14H10N2OS/c17-13(14-9-15-16-18-14)8-11-6-3-5-10-4-1-2-7-12(10)11/h1-7,9H,8H2. The quantitative estimate of drug-likeness (QED) is 0.674. The first-order chi connectivity index (χ1) is 8.84. The molecule has 0 fully saturated rings. The second kappa shape index (κ2) is 4.66. The van der Waals surface area contributed by atoms with Gasteiger partial charge in [-0.3, -0.25) is 4.79 Å². The summed E-state index contributed by atoms with van der Waals surface area (Å²) in [6.07, 6.45) is 1.92. The Kier molecular flexibility index (Phi) is 2.86. The number of carbonyl (C=O) groups is 1. The maximum Gasteiger partial charge on any atom is 0.180 e. The summed E-state index contributed by atoms with van der Waals surface area (Å²) >= 11 is 1.15. The molecule has 0 spiro atoms.